The molecule has 0 aliphatic heterocycles. The first kappa shape index (κ1) is 22.2. The largest absolute Gasteiger partial charge is 0.484 e. The van der Waals surface area contributed by atoms with E-state index in [1.165, 1.54) is 24.3 Å². The lowest BCUT2D eigenvalue weighted by molar-refractivity contribution is -0.118. The summed E-state index contributed by atoms with van der Waals surface area (Å²) in [5.41, 5.74) is 2.03. The van der Waals surface area contributed by atoms with E-state index in [1.54, 1.807) is 42.5 Å². The number of para-hydroxylation sites is 2. The van der Waals surface area contributed by atoms with Crippen LogP contribution in [0.25, 0.3) is 6.08 Å². The van der Waals surface area contributed by atoms with Gasteiger partial charge in [0.15, 0.2) is 6.61 Å². The van der Waals surface area contributed by atoms with E-state index >= 15 is 0 Å². The fourth-order valence-corrected chi connectivity index (χ4v) is 2.81. The first-order chi connectivity index (χ1) is 15.5. The molecule has 0 aromatic heterocycles. The maximum atomic E-state index is 13.6. The molecule has 6 nitrogen and oxygen atoms in total. The number of anilines is 2. The average molecular weight is 429 g/mol. The van der Waals surface area contributed by atoms with Crippen LogP contribution in [0.3, 0.4) is 0 Å². The Morgan fingerprint density at radius 3 is 2.44 bits per heavy atom. The summed E-state index contributed by atoms with van der Waals surface area (Å²) in [6.07, 6.45) is 1.43. The number of aryl methyl sites for hydroxylation is 1. The molecule has 0 heterocycles. The predicted octanol–water partition coefficient (Wildman–Crippen LogP) is 4.70. The van der Waals surface area contributed by atoms with Gasteiger partial charge in [-0.1, -0.05) is 42.5 Å². The van der Waals surface area contributed by atoms with Crippen LogP contribution in [-0.2, 0) is 9.59 Å². The molecule has 0 fully saturated rings. The van der Waals surface area contributed by atoms with Crippen LogP contribution in [0.5, 0.6) is 5.75 Å². The van der Waals surface area contributed by atoms with E-state index in [0.29, 0.717) is 17.0 Å². The molecular weight excluding hydrogens is 409 g/mol. The number of carbonyl (C=O) groups excluding carboxylic acids is 2. The minimum atomic E-state index is -0.541. The van der Waals surface area contributed by atoms with Crippen LogP contribution < -0.4 is 15.4 Å². The van der Waals surface area contributed by atoms with Crippen molar-refractivity contribution < 1.29 is 18.7 Å². The molecule has 2 N–H and O–H groups in total. The highest BCUT2D eigenvalue weighted by Crippen LogP contribution is 2.18. The molecule has 160 valence electrons. The maximum Gasteiger partial charge on any atom is 0.266 e. The number of halogens is 1. The summed E-state index contributed by atoms with van der Waals surface area (Å²) < 4.78 is 19.1. The van der Waals surface area contributed by atoms with Gasteiger partial charge < -0.3 is 15.4 Å². The van der Waals surface area contributed by atoms with Crippen molar-refractivity contribution in [3.8, 4) is 11.8 Å². The van der Waals surface area contributed by atoms with Crippen LogP contribution in [0.1, 0.15) is 11.1 Å². The Kier molecular flexibility index (Phi) is 7.33. The topological polar surface area (TPSA) is 91.2 Å². The van der Waals surface area contributed by atoms with Crippen LogP contribution in [0.15, 0.2) is 78.4 Å². The maximum absolute atomic E-state index is 13.6. The van der Waals surface area contributed by atoms with Crippen molar-refractivity contribution in [1.82, 2.24) is 0 Å². The van der Waals surface area contributed by atoms with Crippen molar-refractivity contribution in [2.75, 3.05) is 17.2 Å². The molecule has 0 saturated carbocycles. The van der Waals surface area contributed by atoms with E-state index in [1.807, 2.05) is 25.1 Å². The van der Waals surface area contributed by atoms with Gasteiger partial charge in [0.2, 0.25) is 0 Å². The van der Waals surface area contributed by atoms with Gasteiger partial charge in [-0.25, -0.2) is 4.39 Å². The molecule has 2 amide bonds. The summed E-state index contributed by atoms with van der Waals surface area (Å²) in [6, 6.07) is 21.6. The molecule has 0 radical (unpaired) electrons. The average Bonchev–Trinajstić information content (AvgIpc) is 2.79. The fraction of sp³-hybridized carbons (Fsp3) is 0.0800. The number of amides is 2. The smallest absolute Gasteiger partial charge is 0.266 e. The highest BCUT2D eigenvalue weighted by Gasteiger charge is 2.11. The van der Waals surface area contributed by atoms with Gasteiger partial charge in [0.25, 0.3) is 11.8 Å². The molecule has 3 rings (SSSR count). The second-order valence-corrected chi connectivity index (χ2v) is 6.83. The minimum absolute atomic E-state index is 0.0658. The Morgan fingerprint density at radius 1 is 1.00 bits per heavy atom. The minimum Gasteiger partial charge on any atom is -0.484 e. The normalized spacial score (nSPS) is 10.7. The molecule has 0 atom stereocenters. The second-order valence-electron chi connectivity index (χ2n) is 6.83. The molecule has 32 heavy (non-hydrogen) atoms. The molecule has 0 spiro atoms. The van der Waals surface area contributed by atoms with Crippen molar-refractivity contribution in [3.63, 3.8) is 0 Å². The Hall–Kier alpha value is -4.44. The highest BCUT2D eigenvalue weighted by atomic mass is 19.1. The first-order valence-electron chi connectivity index (χ1n) is 9.72. The fourth-order valence-electron chi connectivity index (χ4n) is 2.81. The monoisotopic (exact) mass is 429 g/mol. The van der Waals surface area contributed by atoms with Gasteiger partial charge in [-0.3, -0.25) is 9.59 Å². The number of carbonyl (C=O) groups is 2. The molecule has 0 bridgehead atoms. The van der Waals surface area contributed by atoms with Crippen LogP contribution >= 0.6 is 0 Å². The molecule has 0 unspecified atom stereocenters. The van der Waals surface area contributed by atoms with Crippen LogP contribution in [0.4, 0.5) is 15.8 Å². The third-order valence-electron chi connectivity index (χ3n) is 4.45. The van der Waals surface area contributed by atoms with Gasteiger partial charge in [0, 0.05) is 5.69 Å². The lowest BCUT2D eigenvalue weighted by Crippen LogP contribution is -2.20. The Morgan fingerprint density at radius 2 is 1.72 bits per heavy atom. The molecule has 3 aromatic rings. The van der Waals surface area contributed by atoms with Gasteiger partial charge in [0.1, 0.15) is 23.2 Å². The van der Waals surface area contributed by atoms with E-state index in [0.717, 1.165) is 5.56 Å². The molecule has 0 saturated heterocycles. The van der Waals surface area contributed by atoms with Gasteiger partial charge in [-0.05, 0) is 54.5 Å². The van der Waals surface area contributed by atoms with Crippen molar-refractivity contribution in [1.29, 1.82) is 5.26 Å². The zero-order chi connectivity index (χ0) is 22.9. The molecule has 0 aliphatic carbocycles. The highest BCUT2D eigenvalue weighted by molar-refractivity contribution is 6.10. The number of rotatable bonds is 7. The summed E-state index contributed by atoms with van der Waals surface area (Å²) in [6.45, 7) is 1.52. The van der Waals surface area contributed by atoms with Gasteiger partial charge in [0.05, 0.1) is 5.69 Å². The van der Waals surface area contributed by atoms with E-state index < -0.39 is 17.6 Å². The number of nitrogens with one attached hydrogen (secondary N) is 2. The van der Waals surface area contributed by atoms with E-state index in [2.05, 4.69) is 10.6 Å². The summed E-state index contributed by atoms with van der Waals surface area (Å²) in [4.78, 5) is 24.5. The summed E-state index contributed by atoms with van der Waals surface area (Å²) in [5.74, 6) is -1.23. The first-order valence-corrected chi connectivity index (χ1v) is 9.72. The number of hydrogen-bond acceptors (Lipinski definition) is 4. The summed E-state index contributed by atoms with van der Waals surface area (Å²) in [7, 11) is 0. The van der Waals surface area contributed by atoms with E-state index in [-0.39, 0.29) is 17.9 Å². The third-order valence-corrected chi connectivity index (χ3v) is 4.45. The van der Waals surface area contributed by atoms with Crippen LogP contribution in [-0.4, -0.2) is 18.4 Å². The molecular formula is C25H20FN3O3. The lowest BCUT2D eigenvalue weighted by Gasteiger charge is -2.09. The number of nitrogens with zero attached hydrogens (tertiary/aromatic N) is 1. The Bertz CT molecular complexity index is 1210. The van der Waals surface area contributed by atoms with Gasteiger partial charge in [-0.2, -0.15) is 5.26 Å². The quantitative estimate of drug-likeness (QED) is 0.421. The Labute approximate surface area is 185 Å². The van der Waals surface area contributed by atoms with E-state index in [4.69, 9.17) is 4.74 Å². The molecule has 7 heteroatoms. The van der Waals surface area contributed by atoms with Crippen LogP contribution in [0.2, 0.25) is 0 Å². The van der Waals surface area contributed by atoms with Crippen molar-refractivity contribution >= 4 is 29.3 Å². The van der Waals surface area contributed by atoms with Crippen molar-refractivity contribution in [2.24, 2.45) is 0 Å². The van der Waals surface area contributed by atoms with E-state index in [9.17, 15) is 19.2 Å². The number of nitriles is 1. The number of ether oxygens (including phenoxy) is 1. The number of hydrogen-bond donors (Lipinski definition) is 2. The predicted molar refractivity (Wildman–Crippen MR) is 120 cm³/mol. The van der Waals surface area contributed by atoms with Crippen molar-refractivity contribution in [2.45, 2.75) is 6.92 Å². The van der Waals surface area contributed by atoms with Crippen LogP contribution in [0, 0.1) is 24.1 Å². The number of benzene rings is 3. The molecule has 0 aliphatic rings. The third kappa shape index (κ3) is 6.03. The Balaban J connectivity index is 1.65. The zero-order valence-corrected chi connectivity index (χ0v) is 17.3. The SMILES string of the molecule is Cc1ccccc1NC(=O)/C(C#N)=C\c1cccc(OCC(=O)Nc2ccccc2F)c1. The lowest BCUT2D eigenvalue weighted by atomic mass is 10.1. The second kappa shape index (κ2) is 10.5. The van der Waals surface area contributed by atoms with Crippen molar-refractivity contribution in [3.05, 3.63) is 95.3 Å². The standard InChI is InChI=1S/C25H20FN3O3/c1-17-7-2-4-11-22(17)29-25(31)19(15-27)13-18-8-6-9-20(14-18)32-16-24(30)28-23-12-5-3-10-21(23)26/h2-14H,16H2,1H3,(H,28,30)(H,29,31)/b19-13-. The molecule has 3 aromatic carbocycles. The summed E-state index contributed by atoms with van der Waals surface area (Å²) in [5, 5.41) is 14.6. The van der Waals surface area contributed by atoms with Gasteiger partial charge in [-0.15, -0.1) is 0 Å². The summed E-state index contributed by atoms with van der Waals surface area (Å²) >= 11 is 0. The zero-order valence-electron chi connectivity index (χ0n) is 17.3. The van der Waals surface area contributed by atoms with Gasteiger partial charge >= 0.3 is 0 Å².